The number of nitriles is 1. The summed E-state index contributed by atoms with van der Waals surface area (Å²) in [5.41, 5.74) is 0.979. The lowest BCUT2D eigenvalue weighted by molar-refractivity contribution is 0.0990. The molecule has 0 radical (unpaired) electrons. The monoisotopic (exact) mass is 282 g/mol. The van der Waals surface area contributed by atoms with Crippen LogP contribution in [0.25, 0.3) is 0 Å². The zero-order valence-electron chi connectivity index (χ0n) is 11.7. The lowest BCUT2D eigenvalue weighted by atomic mass is 10.1. The summed E-state index contributed by atoms with van der Waals surface area (Å²) in [5.74, 6) is -0.414. The summed E-state index contributed by atoms with van der Waals surface area (Å²) in [6.45, 7) is 0. The minimum Gasteiger partial charge on any atom is -0.504 e. The van der Waals surface area contributed by atoms with Crippen molar-refractivity contribution < 1.29 is 14.6 Å². The number of phenols is 1. The van der Waals surface area contributed by atoms with Gasteiger partial charge in [0.15, 0.2) is 11.5 Å². The Hall–Kier alpha value is -3.00. The molecule has 0 aliphatic rings. The molecular formula is C16H14N2O3. The maximum absolute atomic E-state index is 12.5. The summed E-state index contributed by atoms with van der Waals surface area (Å²) in [6.07, 6.45) is 0. The van der Waals surface area contributed by atoms with Crippen molar-refractivity contribution in [1.29, 1.82) is 5.26 Å². The molecule has 2 rings (SSSR count). The van der Waals surface area contributed by atoms with E-state index in [9.17, 15) is 9.90 Å². The predicted octanol–water partition coefficient (Wildman–Crippen LogP) is 2.55. The largest absolute Gasteiger partial charge is 0.504 e. The van der Waals surface area contributed by atoms with E-state index in [0.717, 1.165) is 0 Å². The van der Waals surface area contributed by atoms with E-state index in [2.05, 4.69) is 0 Å². The first-order chi connectivity index (χ1) is 10.1. The predicted molar refractivity (Wildman–Crippen MR) is 78.5 cm³/mol. The Morgan fingerprint density at radius 2 is 1.95 bits per heavy atom. The molecule has 5 heteroatoms. The maximum Gasteiger partial charge on any atom is 0.261 e. The average molecular weight is 282 g/mol. The fraction of sp³-hybridized carbons (Fsp3) is 0.125. The van der Waals surface area contributed by atoms with E-state index in [-0.39, 0.29) is 17.1 Å². The van der Waals surface area contributed by atoms with Gasteiger partial charge in [-0.05, 0) is 24.3 Å². The van der Waals surface area contributed by atoms with Crippen molar-refractivity contribution in [3.05, 3.63) is 53.6 Å². The van der Waals surface area contributed by atoms with E-state index in [4.69, 9.17) is 10.00 Å². The highest BCUT2D eigenvalue weighted by Gasteiger charge is 2.20. The molecule has 0 aliphatic heterocycles. The fourth-order valence-electron chi connectivity index (χ4n) is 2.01. The number of nitrogens with zero attached hydrogens (tertiary/aromatic N) is 2. The average Bonchev–Trinajstić information content (AvgIpc) is 2.53. The molecule has 106 valence electrons. The second kappa shape index (κ2) is 5.97. The molecule has 2 aromatic carbocycles. The van der Waals surface area contributed by atoms with E-state index in [0.29, 0.717) is 11.3 Å². The molecule has 0 unspecified atom stereocenters. The lowest BCUT2D eigenvalue weighted by Gasteiger charge is -2.19. The Balaban J connectivity index is 2.43. The third kappa shape index (κ3) is 2.65. The highest BCUT2D eigenvalue weighted by atomic mass is 16.5. The van der Waals surface area contributed by atoms with Crippen molar-refractivity contribution in [1.82, 2.24) is 0 Å². The van der Waals surface area contributed by atoms with Crippen molar-refractivity contribution in [3.8, 4) is 17.6 Å². The maximum atomic E-state index is 12.5. The van der Waals surface area contributed by atoms with Crippen LogP contribution in [0, 0.1) is 11.3 Å². The van der Waals surface area contributed by atoms with Gasteiger partial charge in [0.1, 0.15) is 6.07 Å². The second-order valence-corrected chi connectivity index (χ2v) is 4.35. The smallest absolute Gasteiger partial charge is 0.261 e. The second-order valence-electron chi connectivity index (χ2n) is 4.35. The van der Waals surface area contributed by atoms with Gasteiger partial charge < -0.3 is 14.7 Å². The van der Waals surface area contributed by atoms with E-state index < -0.39 is 5.91 Å². The number of hydrogen-bond acceptors (Lipinski definition) is 4. The topological polar surface area (TPSA) is 73.6 Å². The summed E-state index contributed by atoms with van der Waals surface area (Å²) < 4.78 is 4.99. The minimum absolute atomic E-state index is 0.115. The number of methoxy groups -OCH3 is 1. The number of rotatable bonds is 3. The number of aromatic hydroxyl groups is 1. The number of amides is 1. The molecule has 0 fully saturated rings. The number of anilines is 1. The van der Waals surface area contributed by atoms with Gasteiger partial charge in [-0.15, -0.1) is 0 Å². The van der Waals surface area contributed by atoms with Gasteiger partial charge in [-0.25, -0.2) is 0 Å². The van der Waals surface area contributed by atoms with Gasteiger partial charge >= 0.3 is 0 Å². The van der Waals surface area contributed by atoms with Crippen LogP contribution in [0.4, 0.5) is 5.69 Å². The number of carbonyl (C=O) groups is 1. The van der Waals surface area contributed by atoms with Gasteiger partial charge in [-0.3, -0.25) is 4.79 Å². The van der Waals surface area contributed by atoms with Crippen LogP contribution in [0.15, 0.2) is 42.5 Å². The molecular weight excluding hydrogens is 268 g/mol. The molecule has 2 aromatic rings. The van der Waals surface area contributed by atoms with Crippen LogP contribution in [0.5, 0.6) is 11.5 Å². The number of benzene rings is 2. The Kier molecular flexibility index (Phi) is 4.10. The normalized spacial score (nSPS) is 9.76. The van der Waals surface area contributed by atoms with Crippen LogP contribution in [-0.4, -0.2) is 25.2 Å². The number of ether oxygens (including phenoxy) is 1. The van der Waals surface area contributed by atoms with Gasteiger partial charge in [0.2, 0.25) is 0 Å². The molecule has 0 aliphatic carbocycles. The summed E-state index contributed by atoms with van der Waals surface area (Å²) in [7, 11) is 2.97. The SMILES string of the molecule is COc1cccc(C(=O)N(C)c2ccccc2C#N)c1O. The third-order valence-electron chi connectivity index (χ3n) is 3.14. The standard InChI is InChI=1S/C16H14N2O3/c1-18(13-8-4-3-6-11(13)10-17)16(20)12-7-5-9-14(21-2)15(12)19/h3-9,19H,1-2H3. The lowest BCUT2D eigenvalue weighted by Crippen LogP contribution is -2.27. The summed E-state index contributed by atoms with van der Waals surface area (Å²) in [5, 5.41) is 19.1. The van der Waals surface area contributed by atoms with Crippen molar-refractivity contribution in [2.45, 2.75) is 0 Å². The minimum atomic E-state index is -0.422. The van der Waals surface area contributed by atoms with E-state index in [1.165, 1.54) is 18.1 Å². The van der Waals surface area contributed by atoms with Crippen molar-refractivity contribution >= 4 is 11.6 Å². The highest BCUT2D eigenvalue weighted by molar-refractivity contribution is 6.08. The molecule has 1 amide bonds. The molecule has 5 nitrogen and oxygen atoms in total. The third-order valence-corrected chi connectivity index (χ3v) is 3.14. The number of phenolic OH excluding ortho intramolecular Hbond substituents is 1. The van der Waals surface area contributed by atoms with Crippen LogP contribution in [0.3, 0.4) is 0 Å². The fourth-order valence-corrected chi connectivity index (χ4v) is 2.01. The van der Waals surface area contributed by atoms with Crippen LogP contribution >= 0.6 is 0 Å². The first kappa shape index (κ1) is 14.4. The first-order valence-corrected chi connectivity index (χ1v) is 6.23. The van der Waals surface area contributed by atoms with Crippen molar-refractivity contribution in [2.75, 3.05) is 19.1 Å². The number of para-hydroxylation sites is 2. The van der Waals surface area contributed by atoms with E-state index >= 15 is 0 Å². The number of carbonyl (C=O) groups excluding carboxylic acids is 1. The van der Waals surface area contributed by atoms with Gasteiger partial charge in [0, 0.05) is 7.05 Å². The molecule has 21 heavy (non-hydrogen) atoms. The van der Waals surface area contributed by atoms with Crippen LogP contribution in [-0.2, 0) is 0 Å². The number of hydrogen-bond donors (Lipinski definition) is 1. The van der Waals surface area contributed by atoms with Crippen LogP contribution < -0.4 is 9.64 Å². The first-order valence-electron chi connectivity index (χ1n) is 6.23. The molecule has 0 heterocycles. The van der Waals surface area contributed by atoms with Gasteiger partial charge in [0.05, 0.1) is 23.9 Å². The van der Waals surface area contributed by atoms with Gasteiger partial charge in [0.25, 0.3) is 5.91 Å². The Morgan fingerprint density at radius 1 is 1.24 bits per heavy atom. The molecule has 0 saturated carbocycles. The summed E-state index contributed by atoms with van der Waals surface area (Å²) in [6, 6.07) is 13.5. The van der Waals surface area contributed by atoms with Crippen molar-refractivity contribution in [2.24, 2.45) is 0 Å². The zero-order chi connectivity index (χ0) is 15.4. The van der Waals surface area contributed by atoms with Gasteiger partial charge in [-0.2, -0.15) is 5.26 Å². The Bertz CT molecular complexity index is 720. The quantitative estimate of drug-likeness (QED) is 0.938. The van der Waals surface area contributed by atoms with E-state index in [1.54, 1.807) is 43.4 Å². The molecule has 0 spiro atoms. The van der Waals surface area contributed by atoms with Gasteiger partial charge in [-0.1, -0.05) is 18.2 Å². The highest BCUT2D eigenvalue weighted by Crippen LogP contribution is 2.31. The summed E-state index contributed by atoms with van der Waals surface area (Å²) >= 11 is 0. The Morgan fingerprint density at radius 3 is 2.62 bits per heavy atom. The van der Waals surface area contributed by atoms with Crippen LogP contribution in [0.1, 0.15) is 15.9 Å². The van der Waals surface area contributed by atoms with Crippen LogP contribution in [0.2, 0.25) is 0 Å². The summed E-state index contributed by atoms with van der Waals surface area (Å²) in [4.78, 5) is 13.8. The Labute approximate surface area is 122 Å². The van der Waals surface area contributed by atoms with E-state index in [1.807, 2.05) is 6.07 Å². The molecule has 0 atom stereocenters. The molecule has 0 bridgehead atoms. The zero-order valence-corrected chi connectivity index (χ0v) is 11.7. The molecule has 1 N–H and O–H groups in total. The molecule has 0 aromatic heterocycles. The van der Waals surface area contributed by atoms with Crippen molar-refractivity contribution in [3.63, 3.8) is 0 Å². The molecule has 0 saturated heterocycles.